The van der Waals surface area contributed by atoms with E-state index in [4.69, 9.17) is 0 Å². The van der Waals surface area contributed by atoms with Gasteiger partial charge in [-0.3, -0.25) is 4.79 Å². The number of sulfonamides is 1. The van der Waals surface area contributed by atoms with Crippen molar-refractivity contribution in [1.29, 1.82) is 0 Å². The first-order valence-electron chi connectivity index (χ1n) is 6.00. The Labute approximate surface area is 107 Å². The van der Waals surface area contributed by atoms with Crippen LogP contribution in [0.5, 0.6) is 0 Å². The maximum Gasteiger partial charge on any atom is 0.247 e. The van der Waals surface area contributed by atoms with Gasteiger partial charge in [0.1, 0.15) is 0 Å². The van der Waals surface area contributed by atoms with Crippen LogP contribution in [0.3, 0.4) is 0 Å². The molecule has 1 aliphatic heterocycles. The standard InChI is InChI=1S/C12H18N2O3S/c1-12(2)6-3-7-14(9-12)18(16,17)10-4-5-11(15)13-8-10/h4-5,8H,3,6-7,9H2,1-2H3,(H,13,15). The Bertz CT molecular complexity index is 569. The van der Waals surface area contributed by atoms with Gasteiger partial charge in [0.25, 0.3) is 0 Å². The summed E-state index contributed by atoms with van der Waals surface area (Å²) in [6.45, 7) is 5.21. The van der Waals surface area contributed by atoms with Crippen molar-refractivity contribution in [2.24, 2.45) is 5.41 Å². The SMILES string of the molecule is CC1(C)CCCN(S(=O)(=O)c2ccc(=O)[nH]c2)C1. The molecular formula is C12H18N2O3S. The highest BCUT2D eigenvalue weighted by atomic mass is 32.2. The lowest BCUT2D eigenvalue weighted by molar-refractivity contribution is 0.187. The van der Waals surface area contributed by atoms with Crippen molar-refractivity contribution in [3.8, 4) is 0 Å². The number of hydrogen-bond donors (Lipinski definition) is 1. The molecule has 0 radical (unpaired) electrons. The predicted molar refractivity (Wildman–Crippen MR) is 68.8 cm³/mol. The fourth-order valence-electron chi connectivity index (χ4n) is 2.28. The smallest absolute Gasteiger partial charge is 0.247 e. The van der Waals surface area contributed by atoms with E-state index in [-0.39, 0.29) is 15.9 Å². The summed E-state index contributed by atoms with van der Waals surface area (Å²) in [6, 6.07) is 2.59. The molecule has 1 aromatic rings. The van der Waals surface area contributed by atoms with Crippen LogP contribution in [0.15, 0.2) is 28.0 Å². The van der Waals surface area contributed by atoms with Crippen LogP contribution in [0.25, 0.3) is 0 Å². The van der Waals surface area contributed by atoms with E-state index in [1.807, 2.05) is 0 Å². The molecule has 0 atom stereocenters. The molecule has 2 heterocycles. The van der Waals surface area contributed by atoms with Gasteiger partial charge in [0.2, 0.25) is 15.6 Å². The van der Waals surface area contributed by atoms with Crippen molar-refractivity contribution < 1.29 is 8.42 Å². The highest BCUT2D eigenvalue weighted by molar-refractivity contribution is 7.89. The molecule has 1 aliphatic rings. The molecule has 5 nitrogen and oxygen atoms in total. The largest absolute Gasteiger partial charge is 0.328 e. The molecule has 1 aromatic heterocycles. The van der Waals surface area contributed by atoms with E-state index >= 15 is 0 Å². The van der Waals surface area contributed by atoms with E-state index < -0.39 is 10.0 Å². The number of rotatable bonds is 2. The molecule has 2 rings (SSSR count). The lowest BCUT2D eigenvalue weighted by Gasteiger charge is -2.37. The monoisotopic (exact) mass is 270 g/mol. The molecule has 0 aliphatic carbocycles. The van der Waals surface area contributed by atoms with E-state index in [2.05, 4.69) is 18.8 Å². The number of aromatic nitrogens is 1. The summed E-state index contributed by atoms with van der Waals surface area (Å²) >= 11 is 0. The number of nitrogens with one attached hydrogen (secondary N) is 1. The van der Waals surface area contributed by atoms with Crippen molar-refractivity contribution in [3.05, 3.63) is 28.7 Å². The zero-order chi connectivity index (χ0) is 13.4. The zero-order valence-corrected chi connectivity index (χ0v) is 11.5. The van der Waals surface area contributed by atoms with Crippen LogP contribution in [0.2, 0.25) is 0 Å². The fourth-order valence-corrected chi connectivity index (χ4v) is 3.92. The summed E-state index contributed by atoms with van der Waals surface area (Å²) in [5.74, 6) is 0. The van der Waals surface area contributed by atoms with E-state index in [1.54, 1.807) is 0 Å². The number of piperidine rings is 1. The topological polar surface area (TPSA) is 70.2 Å². The third-order valence-electron chi connectivity index (χ3n) is 3.26. The molecule has 0 amide bonds. The summed E-state index contributed by atoms with van der Waals surface area (Å²) in [5, 5.41) is 0. The molecule has 100 valence electrons. The predicted octanol–water partition coefficient (Wildman–Crippen LogP) is 1.19. The Balaban J connectivity index is 2.31. The fraction of sp³-hybridized carbons (Fsp3) is 0.583. The van der Waals surface area contributed by atoms with Gasteiger partial charge in [-0.2, -0.15) is 4.31 Å². The molecule has 0 spiro atoms. The summed E-state index contributed by atoms with van der Waals surface area (Å²) in [4.78, 5) is 13.5. The second kappa shape index (κ2) is 4.51. The molecule has 6 heteroatoms. The Morgan fingerprint density at radius 3 is 2.61 bits per heavy atom. The van der Waals surface area contributed by atoms with E-state index in [0.29, 0.717) is 13.1 Å². The van der Waals surface area contributed by atoms with Gasteiger partial charge in [-0.05, 0) is 24.3 Å². The minimum atomic E-state index is -3.49. The molecule has 1 fully saturated rings. The number of H-pyrrole nitrogens is 1. The average Bonchev–Trinajstić information content (AvgIpc) is 2.28. The number of pyridine rings is 1. The third-order valence-corrected chi connectivity index (χ3v) is 5.10. The Morgan fingerprint density at radius 1 is 1.33 bits per heavy atom. The average molecular weight is 270 g/mol. The zero-order valence-electron chi connectivity index (χ0n) is 10.6. The second-order valence-electron chi connectivity index (χ2n) is 5.49. The van der Waals surface area contributed by atoms with Crippen LogP contribution >= 0.6 is 0 Å². The molecule has 0 bridgehead atoms. The summed E-state index contributed by atoms with van der Waals surface area (Å²) in [5.41, 5.74) is -0.291. The normalized spacial score (nSPS) is 20.8. The maximum atomic E-state index is 12.4. The molecular weight excluding hydrogens is 252 g/mol. The minimum absolute atomic E-state index is 0.00745. The Morgan fingerprint density at radius 2 is 2.06 bits per heavy atom. The molecule has 0 aromatic carbocycles. The van der Waals surface area contributed by atoms with Crippen LogP contribution in [0, 0.1) is 5.41 Å². The van der Waals surface area contributed by atoms with Gasteiger partial charge < -0.3 is 4.98 Å². The highest BCUT2D eigenvalue weighted by Crippen LogP contribution is 2.31. The molecule has 18 heavy (non-hydrogen) atoms. The number of aromatic amines is 1. The molecule has 0 saturated carbocycles. The number of nitrogens with zero attached hydrogens (tertiary/aromatic N) is 1. The minimum Gasteiger partial charge on any atom is -0.328 e. The van der Waals surface area contributed by atoms with Crippen molar-refractivity contribution in [1.82, 2.24) is 9.29 Å². The Hall–Kier alpha value is -1.14. The van der Waals surface area contributed by atoms with Crippen molar-refractivity contribution in [2.75, 3.05) is 13.1 Å². The van der Waals surface area contributed by atoms with Gasteiger partial charge in [0, 0.05) is 25.4 Å². The van der Waals surface area contributed by atoms with Gasteiger partial charge in [0.15, 0.2) is 0 Å². The number of hydrogen-bond acceptors (Lipinski definition) is 3. The van der Waals surface area contributed by atoms with Gasteiger partial charge in [-0.25, -0.2) is 8.42 Å². The Kier molecular flexibility index (Phi) is 3.33. The van der Waals surface area contributed by atoms with Gasteiger partial charge in [-0.15, -0.1) is 0 Å². The second-order valence-corrected chi connectivity index (χ2v) is 7.43. The van der Waals surface area contributed by atoms with Crippen LogP contribution < -0.4 is 5.56 Å². The van der Waals surface area contributed by atoms with Gasteiger partial charge in [0.05, 0.1) is 4.90 Å². The van der Waals surface area contributed by atoms with Crippen LogP contribution in [-0.2, 0) is 10.0 Å². The molecule has 1 N–H and O–H groups in total. The first-order valence-corrected chi connectivity index (χ1v) is 7.44. The summed E-state index contributed by atoms with van der Waals surface area (Å²) in [6.07, 6.45) is 3.17. The van der Waals surface area contributed by atoms with Crippen molar-refractivity contribution in [2.45, 2.75) is 31.6 Å². The maximum absolute atomic E-state index is 12.4. The summed E-state index contributed by atoms with van der Waals surface area (Å²) in [7, 11) is -3.49. The lowest BCUT2D eigenvalue weighted by Crippen LogP contribution is -2.43. The quantitative estimate of drug-likeness (QED) is 0.877. The lowest BCUT2D eigenvalue weighted by atomic mass is 9.85. The molecule has 1 saturated heterocycles. The third kappa shape index (κ3) is 2.64. The van der Waals surface area contributed by atoms with Crippen LogP contribution in [0.1, 0.15) is 26.7 Å². The van der Waals surface area contributed by atoms with Gasteiger partial charge in [-0.1, -0.05) is 13.8 Å². The van der Waals surface area contributed by atoms with Crippen molar-refractivity contribution in [3.63, 3.8) is 0 Å². The molecule has 0 unspecified atom stereocenters. The van der Waals surface area contributed by atoms with E-state index in [9.17, 15) is 13.2 Å². The van der Waals surface area contributed by atoms with Crippen LogP contribution in [0.4, 0.5) is 0 Å². The van der Waals surface area contributed by atoms with Crippen molar-refractivity contribution >= 4 is 10.0 Å². The van der Waals surface area contributed by atoms with E-state index in [1.165, 1.54) is 22.6 Å². The van der Waals surface area contributed by atoms with E-state index in [0.717, 1.165) is 12.8 Å². The highest BCUT2D eigenvalue weighted by Gasteiger charge is 2.34. The first-order chi connectivity index (χ1) is 8.31. The first kappa shape index (κ1) is 13.3. The summed E-state index contributed by atoms with van der Waals surface area (Å²) < 4.78 is 26.3. The van der Waals surface area contributed by atoms with Gasteiger partial charge >= 0.3 is 0 Å². The van der Waals surface area contributed by atoms with Crippen LogP contribution in [-0.4, -0.2) is 30.8 Å².